The predicted molar refractivity (Wildman–Crippen MR) is 73.1 cm³/mol. The van der Waals surface area contributed by atoms with Crippen molar-refractivity contribution in [3.8, 4) is 0 Å². The average molecular weight is 234 g/mol. The summed E-state index contributed by atoms with van der Waals surface area (Å²) < 4.78 is 5.98. The van der Waals surface area contributed by atoms with E-state index in [1.807, 2.05) is 0 Å². The van der Waals surface area contributed by atoms with Crippen LogP contribution in [0.2, 0.25) is 0 Å². The average Bonchev–Trinajstić information content (AvgIpc) is 2.39. The minimum absolute atomic E-state index is 0.391. The van der Waals surface area contributed by atoms with E-state index >= 15 is 0 Å². The van der Waals surface area contributed by atoms with E-state index in [4.69, 9.17) is 4.74 Å². The van der Waals surface area contributed by atoms with Crippen LogP contribution in [-0.4, -0.2) is 12.7 Å². The van der Waals surface area contributed by atoms with Crippen molar-refractivity contribution in [1.82, 2.24) is 0 Å². The van der Waals surface area contributed by atoms with Crippen molar-refractivity contribution < 1.29 is 4.74 Å². The Morgan fingerprint density at radius 2 is 1.65 bits per heavy atom. The number of ether oxygens (including phenoxy) is 1. The van der Waals surface area contributed by atoms with Gasteiger partial charge in [0.25, 0.3) is 0 Å². The van der Waals surface area contributed by atoms with E-state index in [2.05, 4.69) is 19.1 Å². The third-order valence-electron chi connectivity index (χ3n) is 3.87. The minimum atomic E-state index is 0.391. The molecular weight excluding hydrogens is 208 g/mol. The molecule has 0 spiro atoms. The number of hydrogen-bond donors (Lipinski definition) is 0. The molecule has 1 heteroatoms. The number of rotatable bonds is 5. The van der Waals surface area contributed by atoms with E-state index in [1.54, 1.807) is 5.57 Å². The Kier molecular flexibility index (Phi) is 5.31. The van der Waals surface area contributed by atoms with Gasteiger partial charge in [0.15, 0.2) is 0 Å². The van der Waals surface area contributed by atoms with Gasteiger partial charge in [0, 0.05) is 0 Å². The van der Waals surface area contributed by atoms with E-state index in [0.717, 1.165) is 13.0 Å². The zero-order chi connectivity index (χ0) is 11.9. The molecule has 0 fully saturated rings. The van der Waals surface area contributed by atoms with E-state index in [-0.39, 0.29) is 0 Å². The molecule has 1 unspecified atom stereocenters. The second kappa shape index (κ2) is 7.00. The number of allylic oxidation sites excluding steroid dienone is 2. The molecule has 1 nitrogen and oxygen atoms in total. The molecule has 0 N–H and O–H groups in total. The first-order valence-corrected chi connectivity index (χ1v) is 7.32. The lowest BCUT2D eigenvalue weighted by Gasteiger charge is -2.20. The van der Waals surface area contributed by atoms with E-state index in [1.165, 1.54) is 56.9 Å². The molecule has 17 heavy (non-hydrogen) atoms. The summed E-state index contributed by atoms with van der Waals surface area (Å²) in [4.78, 5) is 0. The first-order valence-electron chi connectivity index (χ1n) is 7.32. The van der Waals surface area contributed by atoms with Crippen molar-refractivity contribution in [3.63, 3.8) is 0 Å². The molecule has 2 aliphatic carbocycles. The zero-order valence-electron chi connectivity index (χ0n) is 11.2. The Labute approximate surface area is 106 Å². The van der Waals surface area contributed by atoms with Crippen LogP contribution in [-0.2, 0) is 4.74 Å². The zero-order valence-corrected chi connectivity index (χ0v) is 11.2. The topological polar surface area (TPSA) is 9.23 Å². The highest BCUT2D eigenvalue weighted by molar-refractivity contribution is 5.07. The van der Waals surface area contributed by atoms with Crippen molar-refractivity contribution in [2.24, 2.45) is 0 Å². The van der Waals surface area contributed by atoms with E-state index in [9.17, 15) is 0 Å². The Bertz CT molecular complexity index is 288. The van der Waals surface area contributed by atoms with Gasteiger partial charge in [-0.2, -0.15) is 0 Å². The fourth-order valence-corrected chi connectivity index (χ4v) is 2.80. The van der Waals surface area contributed by atoms with Crippen LogP contribution in [0.25, 0.3) is 0 Å². The van der Waals surface area contributed by atoms with Gasteiger partial charge in [-0.3, -0.25) is 0 Å². The van der Waals surface area contributed by atoms with Gasteiger partial charge in [0.2, 0.25) is 0 Å². The standard InChI is InChI=1S/C16H26O/c1-14(12-15-8-4-2-5-9-15)17-13-16-10-6-3-7-11-16/h8,10,14H,2-7,9,11-13H2,1H3. The Morgan fingerprint density at radius 3 is 2.24 bits per heavy atom. The second-order valence-corrected chi connectivity index (χ2v) is 5.54. The normalized spacial score (nSPS) is 22.9. The van der Waals surface area contributed by atoms with Crippen molar-refractivity contribution in [3.05, 3.63) is 23.3 Å². The largest absolute Gasteiger partial charge is 0.374 e. The van der Waals surface area contributed by atoms with Gasteiger partial charge in [-0.05, 0) is 70.3 Å². The van der Waals surface area contributed by atoms with Crippen molar-refractivity contribution in [1.29, 1.82) is 0 Å². The third-order valence-corrected chi connectivity index (χ3v) is 3.87. The summed E-state index contributed by atoms with van der Waals surface area (Å²) in [5.74, 6) is 0. The molecule has 0 aromatic rings. The highest BCUT2D eigenvalue weighted by Crippen LogP contribution is 2.23. The summed E-state index contributed by atoms with van der Waals surface area (Å²) in [6.45, 7) is 3.09. The molecule has 0 saturated heterocycles. The van der Waals surface area contributed by atoms with Crippen molar-refractivity contribution >= 4 is 0 Å². The fourth-order valence-electron chi connectivity index (χ4n) is 2.80. The molecule has 0 radical (unpaired) electrons. The summed E-state index contributed by atoms with van der Waals surface area (Å²) in [6, 6.07) is 0. The summed E-state index contributed by atoms with van der Waals surface area (Å²) >= 11 is 0. The lowest BCUT2D eigenvalue weighted by Crippen LogP contribution is -2.13. The first-order chi connectivity index (χ1) is 8.34. The molecule has 2 aliphatic rings. The van der Waals surface area contributed by atoms with E-state index < -0.39 is 0 Å². The number of hydrogen-bond acceptors (Lipinski definition) is 1. The van der Waals surface area contributed by atoms with Gasteiger partial charge in [0.1, 0.15) is 0 Å². The molecule has 96 valence electrons. The predicted octanol–water partition coefficient (Wildman–Crippen LogP) is 4.78. The third kappa shape index (κ3) is 4.67. The Hall–Kier alpha value is -0.560. The van der Waals surface area contributed by atoms with Crippen LogP contribution >= 0.6 is 0 Å². The Balaban J connectivity index is 1.68. The van der Waals surface area contributed by atoms with Crippen LogP contribution < -0.4 is 0 Å². The molecule has 0 amide bonds. The maximum Gasteiger partial charge on any atom is 0.0680 e. The van der Waals surface area contributed by atoms with Crippen LogP contribution in [0.3, 0.4) is 0 Å². The monoisotopic (exact) mass is 234 g/mol. The first kappa shape index (κ1) is 12.9. The van der Waals surface area contributed by atoms with Gasteiger partial charge in [0.05, 0.1) is 12.7 Å². The summed E-state index contributed by atoms with van der Waals surface area (Å²) in [7, 11) is 0. The molecule has 1 atom stereocenters. The van der Waals surface area contributed by atoms with Gasteiger partial charge in [-0.1, -0.05) is 17.7 Å². The lowest BCUT2D eigenvalue weighted by atomic mass is 9.95. The molecular formula is C16H26O. The van der Waals surface area contributed by atoms with Gasteiger partial charge in [-0.25, -0.2) is 0 Å². The summed E-state index contributed by atoms with van der Waals surface area (Å²) in [5.41, 5.74) is 3.15. The van der Waals surface area contributed by atoms with Crippen molar-refractivity contribution in [2.75, 3.05) is 6.61 Å². The molecule has 0 saturated carbocycles. The SMILES string of the molecule is CC(CC1=CCCCC1)OCC1=CCCCC1. The van der Waals surface area contributed by atoms with Crippen LogP contribution in [0.4, 0.5) is 0 Å². The highest BCUT2D eigenvalue weighted by atomic mass is 16.5. The van der Waals surface area contributed by atoms with Crippen molar-refractivity contribution in [2.45, 2.75) is 70.8 Å². The summed E-state index contributed by atoms with van der Waals surface area (Å²) in [6.07, 6.45) is 16.9. The highest BCUT2D eigenvalue weighted by Gasteiger charge is 2.10. The van der Waals surface area contributed by atoms with Gasteiger partial charge >= 0.3 is 0 Å². The van der Waals surface area contributed by atoms with Crippen LogP contribution in [0, 0.1) is 0 Å². The van der Waals surface area contributed by atoms with E-state index in [0.29, 0.717) is 6.10 Å². The molecule has 0 aliphatic heterocycles. The smallest absolute Gasteiger partial charge is 0.0680 e. The quantitative estimate of drug-likeness (QED) is 0.622. The Morgan fingerprint density at radius 1 is 1.00 bits per heavy atom. The fraction of sp³-hybridized carbons (Fsp3) is 0.750. The van der Waals surface area contributed by atoms with Gasteiger partial charge < -0.3 is 4.74 Å². The summed E-state index contributed by atoms with van der Waals surface area (Å²) in [5, 5.41) is 0. The maximum atomic E-state index is 5.98. The van der Waals surface area contributed by atoms with Crippen LogP contribution in [0.5, 0.6) is 0 Å². The minimum Gasteiger partial charge on any atom is -0.374 e. The molecule has 0 heterocycles. The van der Waals surface area contributed by atoms with Crippen LogP contribution in [0.1, 0.15) is 64.7 Å². The van der Waals surface area contributed by atoms with Gasteiger partial charge in [-0.15, -0.1) is 0 Å². The van der Waals surface area contributed by atoms with Crippen LogP contribution in [0.15, 0.2) is 23.3 Å². The second-order valence-electron chi connectivity index (χ2n) is 5.54. The molecule has 0 aromatic heterocycles. The molecule has 2 rings (SSSR count). The molecule has 0 bridgehead atoms. The maximum absolute atomic E-state index is 5.98. The molecule has 0 aromatic carbocycles. The lowest BCUT2D eigenvalue weighted by molar-refractivity contribution is 0.0808.